The number of thiazole rings is 1. The maximum absolute atomic E-state index is 13.9. The fourth-order valence-corrected chi connectivity index (χ4v) is 6.42. The number of aryl methyl sites for hydroxylation is 1. The van der Waals surface area contributed by atoms with Crippen LogP contribution < -0.4 is 19.1 Å². The number of aliphatic hydroxyl groups excluding tert-OH is 1. The van der Waals surface area contributed by atoms with E-state index in [1.54, 1.807) is 61.0 Å². The number of ether oxygens (including phenoxy) is 3. The molecule has 11 heteroatoms. The maximum Gasteiger partial charge on any atom is 0.301 e. The summed E-state index contributed by atoms with van der Waals surface area (Å²) in [5.74, 6) is -0.256. The Balaban J connectivity index is 1.56. The van der Waals surface area contributed by atoms with Gasteiger partial charge in [0.1, 0.15) is 17.1 Å². The molecule has 3 aromatic heterocycles. The lowest BCUT2D eigenvalue weighted by atomic mass is 9.96. The number of anilines is 1. The Morgan fingerprint density at radius 1 is 1.02 bits per heavy atom. The first kappa shape index (κ1) is 29.2. The molecule has 226 valence electrons. The van der Waals surface area contributed by atoms with Crippen LogP contribution in [0, 0.1) is 6.92 Å². The number of hydrogen-bond donors (Lipinski definition) is 1. The van der Waals surface area contributed by atoms with E-state index in [-0.39, 0.29) is 11.3 Å². The molecule has 4 heterocycles. The summed E-state index contributed by atoms with van der Waals surface area (Å²) in [7, 11) is 1.58. The Hall–Kier alpha value is -4.90. The zero-order chi connectivity index (χ0) is 31.0. The third-order valence-corrected chi connectivity index (χ3v) is 8.52. The van der Waals surface area contributed by atoms with Crippen LogP contribution in [0.15, 0.2) is 66.4 Å². The molecule has 2 aromatic carbocycles. The number of imidazole rings is 1. The molecule has 1 unspecified atom stereocenters. The predicted octanol–water partition coefficient (Wildman–Crippen LogP) is 6.46. The Bertz CT molecular complexity index is 1930. The number of carbonyl (C=O) groups is 2. The summed E-state index contributed by atoms with van der Waals surface area (Å²) in [4.78, 5) is 38.4. The number of rotatable bonds is 10. The zero-order valence-electron chi connectivity index (χ0n) is 24.9. The lowest BCUT2D eigenvalue weighted by Gasteiger charge is -2.24. The van der Waals surface area contributed by atoms with Crippen molar-refractivity contribution in [1.82, 2.24) is 14.4 Å². The average molecular weight is 613 g/mol. The van der Waals surface area contributed by atoms with Crippen LogP contribution in [0.1, 0.15) is 49.7 Å². The molecule has 10 nitrogen and oxygen atoms in total. The van der Waals surface area contributed by atoms with E-state index in [9.17, 15) is 14.7 Å². The number of methoxy groups -OCH3 is 1. The normalized spacial score (nSPS) is 16.3. The van der Waals surface area contributed by atoms with Gasteiger partial charge in [-0.05, 0) is 68.3 Å². The van der Waals surface area contributed by atoms with Crippen LogP contribution in [0.3, 0.4) is 0 Å². The van der Waals surface area contributed by atoms with Crippen molar-refractivity contribution in [3.8, 4) is 17.2 Å². The minimum atomic E-state index is -1.00. The van der Waals surface area contributed by atoms with Crippen molar-refractivity contribution in [2.24, 2.45) is 0 Å². The summed E-state index contributed by atoms with van der Waals surface area (Å²) >= 11 is 1.26. The summed E-state index contributed by atoms with van der Waals surface area (Å²) in [5.41, 5.74) is 2.59. The van der Waals surface area contributed by atoms with Gasteiger partial charge in [0.05, 0.1) is 47.8 Å². The molecule has 1 amide bonds. The number of carbonyl (C=O) groups excluding carboxylic acids is 2. The van der Waals surface area contributed by atoms with Crippen LogP contribution in [0.5, 0.6) is 17.2 Å². The fraction of sp³-hybridized carbons (Fsp3) is 0.273. The molecule has 1 aliphatic heterocycles. The number of fused-ring (bicyclic) bond motifs is 2. The summed E-state index contributed by atoms with van der Waals surface area (Å²) < 4.78 is 19.8. The van der Waals surface area contributed by atoms with Crippen molar-refractivity contribution in [3.05, 3.63) is 83.3 Å². The fourth-order valence-electron chi connectivity index (χ4n) is 5.40. The van der Waals surface area contributed by atoms with Crippen molar-refractivity contribution < 1.29 is 28.9 Å². The zero-order valence-corrected chi connectivity index (χ0v) is 25.7. The van der Waals surface area contributed by atoms with E-state index in [1.165, 1.54) is 16.2 Å². The van der Waals surface area contributed by atoms with Crippen molar-refractivity contribution >= 4 is 49.8 Å². The Morgan fingerprint density at radius 3 is 2.64 bits per heavy atom. The Labute approximate surface area is 258 Å². The molecule has 5 aromatic rings. The smallest absolute Gasteiger partial charge is 0.301 e. The molecule has 1 saturated heterocycles. The summed E-state index contributed by atoms with van der Waals surface area (Å²) in [6.45, 7) is 6.62. The number of unbranched alkanes of at least 4 members (excludes halogenated alkanes) is 1. The predicted molar refractivity (Wildman–Crippen MR) is 169 cm³/mol. The number of aliphatic hydroxyl groups is 1. The number of benzene rings is 2. The van der Waals surface area contributed by atoms with Crippen LogP contribution in [0.4, 0.5) is 5.13 Å². The van der Waals surface area contributed by atoms with Gasteiger partial charge in [0.25, 0.3) is 5.78 Å². The molecule has 1 aliphatic rings. The van der Waals surface area contributed by atoms with Crippen LogP contribution in [-0.2, 0) is 9.59 Å². The van der Waals surface area contributed by atoms with Crippen LogP contribution in [-0.4, -0.2) is 51.5 Å². The largest absolute Gasteiger partial charge is 0.505 e. The summed E-state index contributed by atoms with van der Waals surface area (Å²) in [5, 5.41) is 12.2. The van der Waals surface area contributed by atoms with Gasteiger partial charge < -0.3 is 19.3 Å². The van der Waals surface area contributed by atoms with Crippen molar-refractivity contribution in [2.45, 2.75) is 39.7 Å². The van der Waals surface area contributed by atoms with E-state index in [0.29, 0.717) is 63.7 Å². The van der Waals surface area contributed by atoms with E-state index >= 15 is 0 Å². The molecular formula is C33H32N4O6S. The highest BCUT2D eigenvalue weighted by Crippen LogP contribution is 2.46. The number of amides is 1. The molecule has 1 atom stereocenters. The second-order valence-electron chi connectivity index (χ2n) is 10.3. The van der Waals surface area contributed by atoms with E-state index in [4.69, 9.17) is 19.2 Å². The molecular weight excluding hydrogens is 580 g/mol. The number of Topliss-reactive ketones (excluding diaryl/α,β-unsaturated/α-hetero) is 1. The van der Waals surface area contributed by atoms with Gasteiger partial charge in [-0.2, -0.15) is 0 Å². The van der Waals surface area contributed by atoms with Gasteiger partial charge in [0.2, 0.25) is 0 Å². The van der Waals surface area contributed by atoms with Crippen LogP contribution in [0.2, 0.25) is 0 Å². The van der Waals surface area contributed by atoms with Crippen molar-refractivity contribution in [3.63, 3.8) is 0 Å². The van der Waals surface area contributed by atoms with Gasteiger partial charge >= 0.3 is 5.91 Å². The minimum Gasteiger partial charge on any atom is -0.505 e. The molecule has 1 N–H and O–H groups in total. The first-order valence-corrected chi connectivity index (χ1v) is 15.3. The molecule has 44 heavy (non-hydrogen) atoms. The second-order valence-corrected chi connectivity index (χ2v) is 11.3. The Morgan fingerprint density at radius 2 is 1.86 bits per heavy atom. The molecule has 1 fully saturated rings. The SMILES string of the molecule is CCCCOc1ccc(C2/C(=C(\O)c3c(C)nc4ccccn34)C(=O)C(=O)N2c2nc3ccc(OC)cc3s2)cc1OCC. The van der Waals surface area contributed by atoms with Gasteiger partial charge in [0, 0.05) is 6.20 Å². The highest BCUT2D eigenvalue weighted by Gasteiger charge is 2.49. The Kier molecular flexibility index (Phi) is 7.96. The van der Waals surface area contributed by atoms with E-state index in [2.05, 4.69) is 11.9 Å². The standard InChI is InChI=1S/C33H32N4O6S/c1-5-7-16-43-23-14-11-20(17-24(23)42-6-2)29-27(30(38)28-19(3)34-26-10-8-9-15-36(26)28)31(39)32(40)37(29)33-35-22-13-12-21(41-4)18-25(22)44-33/h8-15,17-18,29,38H,5-7,16H2,1-4H3/b30-27+. The van der Waals surface area contributed by atoms with Gasteiger partial charge in [0.15, 0.2) is 22.4 Å². The van der Waals surface area contributed by atoms with E-state index < -0.39 is 17.7 Å². The third-order valence-electron chi connectivity index (χ3n) is 7.50. The molecule has 0 aliphatic carbocycles. The second kappa shape index (κ2) is 12.0. The third kappa shape index (κ3) is 5.02. The van der Waals surface area contributed by atoms with E-state index in [1.807, 2.05) is 25.1 Å². The van der Waals surface area contributed by atoms with Gasteiger partial charge in [-0.3, -0.25) is 18.9 Å². The van der Waals surface area contributed by atoms with E-state index in [0.717, 1.165) is 17.5 Å². The number of nitrogens with zero attached hydrogens (tertiary/aromatic N) is 4. The molecule has 6 rings (SSSR count). The summed E-state index contributed by atoms with van der Waals surface area (Å²) in [6, 6.07) is 15.2. The molecule has 0 spiro atoms. The molecule has 0 radical (unpaired) electrons. The van der Waals surface area contributed by atoms with Crippen molar-refractivity contribution in [1.29, 1.82) is 0 Å². The number of pyridine rings is 1. The monoisotopic (exact) mass is 612 g/mol. The van der Waals surface area contributed by atoms with Crippen LogP contribution in [0.25, 0.3) is 21.6 Å². The molecule has 0 saturated carbocycles. The highest BCUT2D eigenvalue weighted by atomic mass is 32.1. The number of aromatic nitrogens is 3. The van der Waals surface area contributed by atoms with Crippen molar-refractivity contribution in [2.75, 3.05) is 25.2 Å². The van der Waals surface area contributed by atoms with Gasteiger partial charge in [-0.15, -0.1) is 0 Å². The highest BCUT2D eigenvalue weighted by molar-refractivity contribution is 7.22. The first-order chi connectivity index (χ1) is 21.4. The summed E-state index contributed by atoms with van der Waals surface area (Å²) in [6.07, 6.45) is 3.62. The lowest BCUT2D eigenvalue weighted by Crippen LogP contribution is -2.29. The number of ketones is 1. The quantitative estimate of drug-likeness (QED) is 0.0827. The molecule has 0 bridgehead atoms. The topological polar surface area (TPSA) is 115 Å². The first-order valence-electron chi connectivity index (χ1n) is 14.4. The lowest BCUT2D eigenvalue weighted by molar-refractivity contribution is -0.132. The minimum absolute atomic E-state index is 0.0670. The maximum atomic E-state index is 13.9. The van der Waals surface area contributed by atoms with Gasteiger partial charge in [-0.1, -0.05) is 36.8 Å². The van der Waals surface area contributed by atoms with Gasteiger partial charge in [-0.25, -0.2) is 9.97 Å². The number of hydrogen-bond acceptors (Lipinski definition) is 9. The van der Waals surface area contributed by atoms with Crippen LogP contribution >= 0.6 is 11.3 Å². The average Bonchev–Trinajstić information content (AvgIpc) is 3.67.